The van der Waals surface area contributed by atoms with Crippen molar-refractivity contribution < 1.29 is 4.52 Å². The molecule has 3 rings (SSSR count). The van der Waals surface area contributed by atoms with Crippen molar-refractivity contribution in [1.29, 1.82) is 0 Å². The van der Waals surface area contributed by atoms with Gasteiger partial charge in [-0.3, -0.25) is 0 Å². The van der Waals surface area contributed by atoms with E-state index in [1.165, 1.54) is 0 Å². The van der Waals surface area contributed by atoms with Crippen molar-refractivity contribution in [1.82, 2.24) is 19.9 Å². The lowest BCUT2D eigenvalue weighted by atomic mass is 10.3. The van der Waals surface area contributed by atoms with E-state index >= 15 is 0 Å². The highest BCUT2D eigenvalue weighted by Gasteiger charge is 2.12. The second-order valence-electron chi connectivity index (χ2n) is 4.42. The second kappa shape index (κ2) is 6.42. The Morgan fingerprint density at radius 1 is 1.43 bits per heavy atom. The average Bonchev–Trinajstić information content (AvgIpc) is 3.19. The highest BCUT2D eigenvalue weighted by atomic mass is 32.2. The summed E-state index contributed by atoms with van der Waals surface area (Å²) in [7, 11) is 0. The van der Waals surface area contributed by atoms with Crippen LogP contribution in [0.15, 0.2) is 33.3 Å². The van der Waals surface area contributed by atoms with Gasteiger partial charge in [0.2, 0.25) is 0 Å². The maximum Gasteiger partial charge on any atom is 0.191 e. The molecule has 3 aromatic heterocycles. The summed E-state index contributed by atoms with van der Waals surface area (Å²) in [4.78, 5) is 1.08. The van der Waals surface area contributed by atoms with E-state index in [1.807, 2.05) is 35.1 Å². The van der Waals surface area contributed by atoms with Gasteiger partial charge in [-0.05, 0) is 18.4 Å². The van der Waals surface area contributed by atoms with Crippen LogP contribution in [0.25, 0.3) is 10.6 Å². The topological polar surface area (TPSA) is 82.8 Å². The van der Waals surface area contributed by atoms with Crippen molar-refractivity contribution in [3.8, 4) is 10.6 Å². The molecule has 0 saturated carbocycles. The van der Waals surface area contributed by atoms with Crippen LogP contribution in [-0.2, 0) is 12.3 Å². The normalized spacial score (nSPS) is 11.1. The zero-order chi connectivity index (χ0) is 14.7. The quantitative estimate of drug-likeness (QED) is 0.703. The zero-order valence-electron chi connectivity index (χ0n) is 11.5. The van der Waals surface area contributed by atoms with E-state index in [2.05, 4.69) is 15.4 Å². The third-order valence-electron chi connectivity index (χ3n) is 2.93. The van der Waals surface area contributed by atoms with Crippen molar-refractivity contribution >= 4 is 23.1 Å². The highest BCUT2D eigenvalue weighted by molar-refractivity contribution is 7.98. The summed E-state index contributed by atoms with van der Waals surface area (Å²) in [5, 5.41) is 15.2. The molecular formula is C13H15N5OS2. The molecule has 6 nitrogen and oxygen atoms in total. The molecule has 0 atom stereocenters. The van der Waals surface area contributed by atoms with Crippen LogP contribution in [0.4, 0.5) is 0 Å². The molecule has 0 amide bonds. The number of thiophene rings is 1. The summed E-state index contributed by atoms with van der Waals surface area (Å²) in [6.45, 7) is 3.22. The van der Waals surface area contributed by atoms with Gasteiger partial charge in [-0.2, -0.15) is 0 Å². The average molecular weight is 321 g/mol. The third kappa shape index (κ3) is 3.17. The molecule has 2 N–H and O–H groups in total. The van der Waals surface area contributed by atoms with E-state index in [0.717, 1.165) is 33.9 Å². The lowest BCUT2D eigenvalue weighted by Gasteiger charge is -2.04. The Labute approximate surface area is 130 Å². The van der Waals surface area contributed by atoms with Crippen LogP contribution in [0, 0.1) is 6.92 Å². The van der Waals surface area contributed by atoms with Crippen LogP contribution >= 0.6 is 23.1 Å². The molecule has 0 aliphatic heterocycles. The summed E-state index contributed by atoms with van der Waals surface area (Å²) < 4.78 is 7.38. The van der Waals surface area contributed by atoms with E-state index < -0.39 is 0 Å². The van der Waals surface area contributed by atoms with Crippen LogP contribution in [-0.4, -0.2) is 26.5 Å². The number of rotatable bonds is 6. The number of aryl methyl sites for hydroxylation is 1. The first-order valence-corrected chi connectivity index (χ1v) is 8.36. The van der Waals surface area contributed by atoms with Gasteiger partial charge in [0.15, 0.2) is 10.9 Å². The van der Waals surface area contributed by atoms with Crippen molar-refractivity contribution in [2.24, 2.45) is 5.73 Å². The van der Waals surface area contributed by atoms with E-state index in [4.69, 9.17) is 10.3 Å². The fraction of sp³-hybridized carbons (Fsp3) is 0.308. The number of nitrogens with two attached hydrogens (primary N) is 1. The fourth-order valence-electron chi connectivity index (χ4n) is 1.91. The van der Waals surface area contributed by atoms with Crippen LogP contribution in [0.1, 0.15) is 11.5 Å². The Hall–Kier alpha value is -1.64. The Morgan fingerprint density at radius 2 is 2.33 bits per heavy atom. The maximum absolute atomic E-state index is 5.61. The molecule has 0 fully saturated rings. The van der Waals surface area contributed by atoms with Crippen molar-refractivity contribution in [2.75, 3.05) is 6.54 Å². The van der Waals surface area contributed by atoms with Crippen LogP contribution in [0.3, 0.4) is 0 Å². The molecule has 0 aliphatic rings. The number of nitrogens with zero attached hydrogens (tertiary/aromatic N) is 4. The SMILES string of the molecule is Cc1nnc(SCc2cc(-c3cccs3)on2)n1CCN. The van der Waals surface area contributed by atoms with Gasteiger partial charge in [-0.25, -0.2) is 0 Å². The van der Waals surface area contributed by atoms with Gasteiger partial charge in [0.05, 0.1) is 10.6 Å². The van der Waals surface area contributed by atoms with Gasteiger partial charge in [0.1, 0.15) is 5.82 Å². The highest BCUT2D eigenvalue weighted by Crippen LogP contribution is 2.27. The number of aromatic nitrogens is 4. The van der Waals surface area contributed by atoms with Gasteiger partial charge in [0, 0.05) is 24.9 Å². The van der Waals surface area contributed by atoms with Crippen LogP contribution < -0.4 is 5.73 Å². The minimum Gasteiger partial charge on any atom is -0.355 e. The summed E-state index contributed by atoms with van der Waals surface area (Å²) in [6.07, 6.45) is 0. The summed E-state index contributed by atoms with van der Waals surface area (Å²) >= 11 is 3.22. The molecule has 0 aromatic carbocycles. The van der Waals surface area contributed by atoms with Crippen molar-refractivity contribution in [2.45, 2.75) is 24.4 Å². The first-order valence-electron chi connectivity index (χ1n) is 6.50. The minimum atomic E-state index is 0.568. The Kier molecular flexibility index (Phi) is 4.37. The second-order valence-corrected chi connectivity index (χ2v) is 6.31. The molecule has 3 aromatic rings. The largest absolute Gasteiger partial charge is 0.355 e. The maximum atomic E-state index is 5.61. The minimum absolute atomic E-state index is 0.568. The van der Waals surface area contributed by atoms with Crippen LogP contribution in [0.5, 0.6) is 0 Å². The number of hydrogen-bond acceptors (Lipinski definition) is 7. The van der Waals surface area contributed by atoms with E-state index in [-0.39, 0.29) is 0 Å². The number of thioether (sulfide) groups is 1. The van der Waals surface area contributed by atoms with Gasteiger partial charge in [-0.1, -0.05) is 23.0 Å². The first-order chi connectivity index (χ1) is 10.3. The van der Waals surface area contributed by atoms with E-state index in [0.29, 0.717) is 12.3 Å². The summed E-state index contributed by atoms with van der Waals surface area (Å²) in [6, 6.07) is 5.98. The van der Waals surface area contributed by atoms with Gasteiger partial charge in [0.25, 0.3) is 0 Å². The van der Waals surface area contributed by atoms with E-state index in [1.54, 1.807) is 23.1 Å². The first kappa shape index (κ1) is 14.3. The summed E-state index contributed by atoms with van der Waals surface area (Å²) in [5.41, 5.74) is 6.50. The Bertz CT molecular complexity index is 704. The Morgan fingerprint density at radius 3 is 3.10 bits per heavy atom. The van der Waals surface area contributed by atoms with E-state index in [9.17, 15) is 0 Å². The molecule has 0 spiro atoms. The molecule has 0 unspecified atom stereocenters. The molecule has 110 valence electrons. The predicted octanol–water partition coefficient (Wildman–Crippen LogP) is 2.55. The molecule has 0 radical (unpaired) electrons. The number of hydrogen-bond donors (Lipinski definition) is 1. The van der Waals surface area contributed by atoms with Gasteiger partial charge in [-0.15, -0.1) is 21.5 Å². The van der Waals surface area contributed by atoms with Gasteiger partial charge >= 0.3 is 0 Å². The smallest absolute Gasteiger partial charge is 0.191 e. The molecule has 0 saturated heterocycles. The fourth-order valence-corrected chi connectivity index (χ4v) is 3.47. The molecular weight excluding hydrogens is 306 g/mol. The summed E-state index contributed by atoms with van der Waals surface area (Å²) in [5.74, 6) is 2.37. The predicted molar refractivity (Wildman–Crippen MR) is 83.2 cm³/mol. The molecule has 8 heteroatoms. The van der Waals surface area contributed by atoms with Gasteiger partial charge < -0.3 is 14.8 Å². The Balaban J connectivity index is 1.68. The molecule has 0 aliphatic carbocycles. The zero-order valence-corrected chi connectivity index (χ0v) is 13.2. The lowest BCUT2D eigenvalue weighted by Crippen LogP contribution is -2.12. The van der Waals surface area contributed by atoms with Crippen molar-refractivity contribution in [3.05, 3.63) is 35.1 Å². The van der Waals surface area contributed by atoms with Crippen LogP contribution in [0.2, 0.25) is 0 Å². The standard InChI is InChI=1S/C13H15N5OS2/c1-9-15-16-13(18(9)5-4-14)21-8-10-7-11(19-17-10)12-3-2-6-20-12/h2-3,6-7H,4-5,8,14H2,1H3. The van der Waals surface area contributed by atoms with Crippen molar-refractivity contribution in [3.63, 3.8) is 0 Å². The molecule has 3 heterocycles. The molecule has 21 heavy (non-hydrogen) atoms. The lowest BCUT2D eigenvalue weighted by molar-refractivity contribution is 0.427. The third-order valence-corrected chi connectivity index (χ3v) is 4.81. The monoisotopic (exact) mass is 321 g/mol. The molecule has 0 bridgehead atoms.